The van der Waals surface area contributed by atoms with Crippen LogP contribution in [0.15, 0.2) is 23.1 Å². The molecule has 0 saturated carbocycles. The molecule has 0 aromatic heterocycles. The molecule has 20 heavy (non-hydrogen) atoms. The van der Waals surface area contributed by atoms with Crippen LogP contribution < -0.4 is 14.8 Å². The summed E-state index contributed by atoms with van der Waals surface area (Å²) < 4.78 is 31.9. The summed E-state index contributed by atoms with van der Waals surface area (Å²) in [6.45, 7) is 1.44. The predicted molar refractivity (Wildman–Crippen MR) is 78.8 cm³/mol. The first kappa shape index (κ1) is 15.6. The lowest BCUT2D eigenvalue weighted by atomic mass is 10.2. The molecule has 0 amide bonds. The molecule has 1 atom stereocenters. The van der Waals surface area contributed by atoms with Gasteiger partial charge in [-0.05, 0) is 44.0 Å². The average molecular weight is 319 g/mol. The second-order valence-corrected chi connectivity index (χ2v) is 6.95. The fraction of sp³-hybridized carbons (Fsp3) is 0.538. The van der Waals surface area contributed by atoms with Gasteiger partial charge in [-0.1, -0.05) is 11.6 Å². The van der Waals surface area contributed by atoms with E-state index in [1.165, 1.54) is 19.2 Å². The zero-order chi connectivity index (χ0) is 14.6. The summed E-state index contributed by atoms with van der Waals surface area (Å²) in [6.07, 6.45) is 3.06. The Kier molecular flexibility index (Phi) is 5.26. The van der Waals surface area contributed by atoms with E-state index in [0.29, 0.717) is 18.3 Å². The summed E-state index contributed by atoms with van der Waals surface area (Å²) in [5, 5.41) is 3.62. The monoisotopic (exact) mass is 318 g/mol. The quantitative estimate of drug-likeness (QED) is 0.839. The van der Waals surface area contributed by atoms with E-state index >= 15 is 0 Å². The Morgan fingerprint density at radius 3 is 2.90 bits per heavy atom. The first-order valence-electron chi connectivity index (χ1n) is 6.59. The minimum absolute atomic E-state index is 0.155. The molecule has 2 rings (SSSR count). The lowest BCUT2D eigenvalue weighted by molar-refractivity contribution is 0.414. The summed E-state index contributed by atoms with van der Waals surface area (Å²) in [5.74, 6) is 0.459. The van der Waals surface area contributed by atoms with Crippen LogP contribution in [0, 0.1) is 0 Å². The van der Waals surface area contributed by atoms with Crippen molar-refractivity contribution in [1.82, 2.24) is 10.0 Å². The molecule has 7 heteroatoms. The van der Waals surface area contributed by atoms with E-state index in [9.17, 15) is 8.42 Å². The van der Waals surface area contributed by atoms with Crippen LogP contribution >= 0.6 is 11.6 Å². The summed E-state index contributed by atoms with van der Waals surface area (Å²) in [6, 6.07) is 4.85. The van der Waals surface area contributed by atoms with Crippen molar-refractivity contribution in [3.8, 4) is 5.75 Å². The van der Waals surface area contributed by atoms with E-state index in [2.05, 4.69) is 10.0 Å². The molecule has 5 nitrogen and oxygen atoms in total. The molecule has 1 aliphatic rings. The third-order valence-corrected chi connectivity index (χ3v) is 5.13. The van der Waals surface area contributed by atoms with Gasteiger partial charge in [0.15, 0.2) is 0 Å². The maximum atomic E-state index is 12.1. The number of benzene rings is 1. The molecule has 2 N–H and O–H groups in total. The van der Waals surface area contributed by atoms with Crippen molar-refractivity contribution >= 4 is 21.6 Å². The normalized spacial score (nSPS) is 19.2. The standard InChI is InChI=1S/C13H19ClN2O3S/c1-19-13-5-4-11(9-12(13)14)20(17,18)16-8-6-10-3-2-7-15-10/h4-5,9-10,15-16H,2-3,6-8H2,1H3. The number of hydrogen-bond donors (Lipinski definition) is 2. The van der Waals surface area contributed by atoms with Gasteiger partial charge in [0.1, 0.15) is 5.75 Å². The van der Waals surface area contributed by atoms with Crippen LogP contribution in [-0.4, -0.2) is 34.7 Å². The maximum absolute atomic E-state index is 12.1. The fourth-order valence-electron chi connectivity index (χ4n) is 2.27. The highest BCUT2D eigenvalue weighted by Gasteiger charge is 2.18. The molecule has 1 saturated heterocycles. The summed E-state index contributed by atoms with van der Waals surface area (Å²) in [4.78, 5) is 0.155. The minimum atomic E-state index is -3.52. The van der Waals surface area contributed by atoms with Crippen molar-refractivity contribution in [2.24, 2.45) is 0 Å². The Labute approximate surface area is 124 Å². The highest BCUT2D eigenvalue weighted by atomic mass is 35.5. The number of methoxy groups -OCH3 is 1. The van der Waals surface area contributed by atoms with Gasteiger partial charge in [-0.2, -0.15) is 0 Å². The molecule has 0 radical (unpaired) electrons. The highest BCUT2D eigenvalue weighted by molar-refractivity contribution is 7.89. The van der Waals surface area contributed by atoms with Gasteiger partial charge in [0.2, 0.25) is 10.0 Å². The molecule has 0 aliphatic carbocycles. The van der Waals surface area contributed by atoms with Crippen LogP contribution in [0.2, 0.25) is 5.02 Å². The van der Waals surface area contributed by atoms with E-state index in [0.717, 1.165) is 25.8 Å². The largest absolute Gasteiger partial charge is 0.495 e. The molecular formula is C13H19ClN2O3S. The van der Waals surface area contributed by atoms with Gasteiger partial charge >= 0.3 is 0 Å². The predicted octanol–water partition coefficient (Wildman–Crippen LogP) is 1.77. The maximum Gasteiger partial charge on any atom is 0.240 e. The van der Waals surface area contributed by atoms with Crippen molar-refractivity contribution in [1.29, 1.82) is 0 Å². The second kappa shape index (κ2) is 6.76. The van der Waals surface area contributed by atoms with Gasteiger partial charge in [0.25, 0.3) is 0 Å². The highest BCUT2D eigenvalue weighted by Crippen LogP contribution is 2.26. The van der Waals surface area contributed by atoms with Gasteiger partial charge < -0.3 is 10.1 Å². The van der Waals surface area contributed by atoms with Crippen molar-refractivity contribution in [2.45, 2.75) is 30.2 Å². The zero-order valence-electron chi connectivity index (χ0n) is 11.4. The number of nitrogens with one attached hydrogen (secondary N) is 2. The van der Waals surface area contributed by atoms with Gasteiger partial charge in [0.05, 0.1) is 17.0 Å². The Hall–Kier alpha value is -0.820. The number of ether oxygens (including phenoxy) is 1. The molecule has 1 heterocycles. The molecule has 1 unspecified atom stereocenters. The Bertz CT molecular complexity index is 557. The van der Waals surface area contributed by atoms with Crippen LogP contribution in [0.3, 0.4) is 0 Å². The van der Waals surface area contributed by atoms with E-state index in [4.69, 9.17) is 16.3 Å². The van der Waals surface area contributed by atoms with E-state index in [1.54, 1.807) is 6.07 Å². The van der Waals surface area contributed by atoms with Crippen molar-refractivity contribution in [3.63, 3.8) is 0 Å². The Morgan fingerprint density at radius 2 is 2.30 bits per heavy atom. The third kappa shape index (κ3) is 3.85. The van der Waals surface area contributed by atoms with Crippen LogP contribution in [-0.2, 0) is 10.0 Å². The summed E-state index contributed by atoms with van der Waals surface area (Å²) >= 11 is 5.95. The fourth-order valence-corrected chi connectivity index (χ4v) is 3.66. The number of rotatable bonds is 6. The smallest absolute Gasteiger partial charge is 0.240 e. The molecular weight excluding hydrogens is 300 g/mol. The lowest BCUT2D eigenvalue weighted by Crippen LogP contribution is -2.30. The molecule has 1 aliphatic heterocycles. The first-order valence-corrected chi connectivity index (χ1v) is 8.45. The average Bonchev–Trinajstić information content (AvgIpc) is 2.91. The van der Waals surface area contributed by atoms with E-state index < -0.39 is 10.0 Å². The molecule has 1 aromatic rings. The molecule has 112 valence electrons. The number of hydrogen-bond acceptors (Lipinski definition) is 4. The van der Waals surface area contributed by atoms with Crippen LogP contribution in [0.25, 0.3) is 0 Å². The number of halogens is 1. The first-order chi connectivity index (χ1) is 9.53. The lowest BCUT2D eigenvalue weighted by Gasteiger charge is -2.12. The van der Waals surface area contributed by atoms with Gasteiger partial charge in [-0.15, -0.1) is 0 Å². The van der Waals surface area contributed by atoms with Crippen LogP contribution in [0.4, 0.5) is 0 Å². The Balaban J connectivity index is 1.96. The van der Waals surface area contributed by atoms with Crippen molar-refractivity contribution < 1.29 is 13.2 Å². The van der Waals surface area contributed by atoms with Gasteiger partial charge in [-0.25, -0.2) is 13.1 Å². The van der Waals surface area contributed by atoms with Gasteiger partial charge in [-0.3, -0.25) is 0 Å². The summed E-state index contributed by atoms with van der Waals surface area (Å²) in [5.41, 5.74) is 0. The summed E-state index contributed by atoms with van der Waals surface area (Å²) in [7, 11) is -2.03. The topological polar surface area (TPSA) is 67.4 Å². The molecule has 1 aromatic carbocycles. The van der Waals surface area contributed by atoms with Crippen LogP contribution in [0.1, 0.15) is 19.3 Å². The third-order valence-electron chi connectivity index (χ3n) is 3.38. The van der Waals surface area contributed by atoms with E-state index in [-0.39, 0.29) is 9.92 Å². The SMILES string of the molecule is COc1ccc(S(=O)(=O)NCCC2CCCN2)cc1Cl. The minimum Gasteiger partial charge on any atom is -0.495 e. The van der Waals surface area contributed by atoms with Crippen LogP contribution in [0.5, 0.6) is 5.75 Å². The zero-order valence-corrected chi connectivity index (χ0v) is 12.9. The molecule has 1 fully saturated rings. The van der Waals surface area contributed by atoms with Crippen molar-refractivity contribution in [2.75, 3.05) is 20.2 Å². The molecule has 0 bridgehead atoms. The van der Waals surface area contributed by atoms with Crippen molar-refractivity contribution in [3.05, 3.63) is 23.2 Å². The molecule has 0 spiro atoms. The Morgan fingerprint density at radius 1 is 1.50 bits per heavy atom. The van der Waals surface area contributed by atoms with E-state index in [1.807, 2.05) is 0 Å². The second-order valence-electron chi connectivity index (χ2n) is 4.78. The number of sulfonamides is 1. The van der Waals surface area contributed by atoms with Gasteiger partial charge in [0, 0.05) is 12.6 Å².